The fourth-order valence-corrected chi connectivity index (χ4v) is 2.52. The van der Waals surface area contributed by atoms with Crippen LogP contribution in [0.2, 0.25) is 0 Å². The third kappa shape index (κ3) is 4.22. The van der Waals surface area contributed by atoms with Crippen LogP contribution in [0.25, 0.3) is 0 Å². The highest BCUT2D eigenvalue weighted by atomic mass is 16.5. The average Bonchev–Trinajstić information content (AvgIpc) is 2.96. The Balaban J connectivity index is 1.91. The Kier molecular flexibility index (Phi) is 5.67. The SMILES string of the molecule is CCCOc1ccccc1C(N)CCC1CCCO1. The zero-order valence-electron chi connectivity index (χ0n) is 11.8. The van der Waals surface area contributed by atoms with E-state index in [1.165, 1.54) is 12.8 Å². The first-order valence-electron chi connectivity index (χ1n) is 7.40. The maximum atomic E-state index is 6.31. The summed E-state index contributed by atoms with van der Waals surface area (Å²) in [5.74, 6) is 0.934. The van der Waals surface area contributed by atoms with Gasteiger partial charge in [-0.1, -0.05) is 25.1 Å². The van der Waals surface area contributed by atoms with E-state index < -0.39 is 0 Å². The van der Waals surface area contributed by atoms with Crippen LogP contribution in [-0.2, 0) is 4.74 Å². The van der Waals surface area contributed by atoms with Crippen molar-refractivity contribution >= 4 is 0 Å². The molecule has 3 nitrogen and oxygen atoms in total. The fraction of sp³-hybridized carbons (Fsp3) is 0.625. The summed E-state index contributed by atoms with van der Waals surface area (Å²) < 4.78 is 11.4. The minimum atomic E-state index is 0.0391. The second-order valence-corrected chi connectivity index (χ2v) is 5.21. The molecule has 0 spiro atoms. The van der Waals surface area contributed by atoms with Gasteiger partial charge in [-0.05, 0) is 38.2 Å². The van der Waals surface area contributed by atoms with Crippen LogP contribution in [0.4, 0.5) is 0 Å². The van der Waals surface area contributed by atoms with E-state index in [-0.39, 0.29) is 6.04 Å². The number of hydrogen-bond acceptors (Lipinski definition) is 3. The lowest BCUT2D eigenvalue weighted by Crippen LogP contribution is -2.15. The molecule has 1 aliphatic heterocycles. The van der Waals surface area contributed by atoms with E-state index in [2.05, 4.69) is 13.0 Å². The molecule has 2 unspecified atom stereocenters. The molecular weight excluding hydrogens is 238 g/mol. The molecule has 1 aromatic rings. The molecule has 0 saturated carbocycles. The van der Waals surface area contributed by atoms with E-state index in [4.69, 9.17) is 15.2 Å². The van der Waals surface area contributed by atoms with Crippen molar-refractivity contribution in [3.8, 4) is 5.75 Å². The van der Waals surface area contributed by atoms with Crippen LogP contribution in [0, 0.1) is 0 Å². The summed E-state index contributed by atoms with van der Waals surface area (Å²) in [6.45, 7) is 3.77. The van der Waals surface area contributed by atoms with Gasteiger partial charge >= 0.3 is 0 Å². The van der Waals surface area contributed by atoms with E-state index in [1.807, 2.05) is 18.2 Å². The third-order valence-electron chi connectivity index (χ3n) is 3.60. The molecule has 1 aromatic carbocycles. The Hall–Kier alpha value is -1.06. The Bertz CT molecular complexity index is 375. The Morgan fingerprint density at radius 2 is 2.26 bits per heavy atom. The summed E-state index contributed by atoms with van der Waals surface area (Å²) in [5, 5.41) is 0. The molecule has 0 amide bonds. The number of benzene rings is 1. The van der Waals surface area contributed by atoms with E-state index in [1.54, 1.807) is 0 Å². The van der Waals surface area contributed by atoms with E-state index >= 15 is 0 Å². The third-order valence-corrected chi connectivity index (χ3v) is 3.60. The summed E-state index contributed by atoms with van der Waals surface area (Å²) in [4.78, 5) is 0. The summed E-state index contributed by atoms with van der Waals surface area (Å²) in [6, 6.07) is 8.15. The predicted molar refractivity (Wildman–Crippen MR) is 77.4 cm³/mol. The Morgan fingerprint density at radius 3 is 3.00 bits per heavy atom. The second-order valence-electron chi connectivity index (χ2n) is 5.21. The maximum Gasteiger partial charge on any atom is 0.124 e. The standard InChI is InChI=1S/C16H25NO2/c1-2-11-19-16-8-4-3-7-14(16)15(17)10-9-13-6-5-12-18-13/h3-4,7-8,13,15H,2,5-6,9-12,17H2,1H3. The smallest absolute Gasteiger partial charge is 0.124 e. The lowest BCUT2D eigenvalue weighted by atomic mass is 9.99. The average molecular weight is 263 g/mol. The number of para-hydroxylation sites is 1. The van der Waals surface area contributed by atoms with Crippen LogP contribution in [0.15, 0.2) is 24.3 Å². The van der Waals surface area contributed by atoms with Crippen LogP contribution in [0.3, 0.4) is 0 Å². The normalized spacial score (nSPS) is 20.4. The van der Waals surface area contributed by atoms with Crippen molar-refractivity contribution in [3.05, 3.63) is 29.8 Å². The van der Waals surface area contributed by atoms with Crippen LogP contribution in [-0.4, -0.2) is 19.3 Å². The lowest BCUT2D eigenvalue weighted by molar-refractivity contribution is 0.101. The minimum Gasteiger partial charge on any atom is -0.493 e. The first-order chi connectivity index (χ1) is 9.31. The topological polar surface area (TPSA) is 44.5 Å². The molecule has 1 heterocycles. The largest absolute Gasteiger partial charge is 0.493 e. The molecule has 1 fully saturated rings. The van der Waals surface area contributed by atoms with Gasteiger partial charge in [-0.15, -0.1) is 0 Å². The molecule has 0 radical (unpaired) electrons. The van der Waals surface area contributed by atoms with E-state index in [0.29, 0.717) is 6.10 Å². The van der Waals surface area contributed by atoms with Gasteiger partial charge in [-0.3, -0.25) is 0 Å². The minimum absolute atomic E-state index is 0.0391. The van der Waals surface area contributed by atoms with E-state index in [0.717, 1.165) is 43.8 Å². The molecule has 0 aliphatic carbocycles. The van der Waals surface area contributed by atoms with Crippen molar-refractivity contribution in [2.45, 2.75) is 51.2 Å². The molecule has 1 aliphatic rings. The maximum absolute atomic E-state index is 6.31. The number of nitrogens with two attached hydrogens (primary N) is 1. The van der Waals surface area contributed by atoms with Crippen LogP contribution in [0.1, 0.15) is 50.6 Å². The molecule has 19 heavy (non-hydrogen) atoms. The molecule has 0 bridgehead atoms. The van der Waals surface area contributed by atoms with Crippen LogP contribution >= 0.6 is 0 Å². The first-order valence-corrected chi connectivity index (χ1v) is 7.40. The quantitative estimate of drug-likeness (QED) is 0.819. The fourth-order valence-electron chi connectivity index (χ4n) is 2.52. The van der Waals surface area contributed by atoms with Crippen molar-refractivity contribution in [1.29, 1.82) is 0 Å². The molecule has 1 saturated heterocycles. The number of ether oxygens (including phenoxy) is 2. The monoisotopic (exact) mass is 263 g/mol. The highest BCUT2D eigenvalue weighted by Gasteiger charge is 2.18. The van der Waals surface area contributed by atoms with Crippen molar-refractivity contribution < 1.29 is 9.47 Å². The van der Waals surface area contributed by atoms with E-state index in [9.17, 15) is 0 Å². The molecule has 106 valence electrons. The summed E-state index contributed by atoms with van der Waals surface area (Å²) in [6.07, 6.45) is 5.80. The molecule has 3 heteroatoms. The van der Waals surface area contributed by atoms with Gasteiger partial charge < -0.3 is 15.2 Å². The van der Waals surface area contributed by atoms with Crippen LogP contribution < -0.4 is 10.5 Å². The van der Waals surface area contributed by atoms with Gasteiger partial charge in [0.2, 0.25) is 0 Å². The first kappa shape index (κ1) is 14.4. The van der Waals surface area contributed by atoms with Crippen molar-refractivity contribution in [2.24, 2.45) is 5.73 Å². The predicted octanol–water partition coefficient (Wildman–Crippen LogP) is 3.43. The summed E-state index contributed by atoms with van der Waals surface area (Å²) >= 11 is 0. The van der Waals surface area contributed by atoms with Crippen LogP contribution in [0.5, 0.6) is 5.75 Å². The van der Waals surface area contributed by atoms with Gasteiger partial charge in [0.15, 0.2) is 0 Å². The zero-order valence-corrected chi connectivity index (χ0v) is 11.8. The second kappa shape index (κ2) is 7.51. The van der Waals surface area contributed by atoms with Gasteiger partial charge in [-0.2, -0.15) is 0 Å². The Morgan fingerprint density at radius 1 is 1.42 bits per heavy atom. The number of rotatable bonds is 7. The highest BCUT2D eigenvalue weighted by Crippen LogP contribution is 2.28. The molecule has 2 N–H and O–H groups in total. The van der Waals surface area contributed by atoms with Crippen molar-refractivity contribution in [2.75, 3.05) is 13.2 Å². The molecule has 0 aromatic heterocycles. The summed E-state index contributed by atoms with van der Waals surface area (Å²) in [5.41, 5.74) is 7.43. The molecule has 2 rings (SSSR count). The zero-order chi connectivity index (χ0) is 13.5. The molecular formula is C16H25NO2. The van der Waals surface area contributed by atoms with Gasteiger partial charge in [0.05, 0.1) is 12.7 Å². The van der Waals surface area contributed by atoms with Gasteiger partial charge in [0.25, 0.3) is 0 Å². The van der Waals surface area contributed by atoms with Gasteiger partial charge in [0.1, 0.15) is 5.75 Å². The van der Waals surface area contributed by atoms with Crippen molar-refractivity contribution in [3.63, 3.8) is 0 Å². The van der Waals surface area contributed by atoms with Gasteiger partial charge in [0, 0.05) is 18.2 Å². The summed E-state index contributed by atoms with van der Waals surface area (Å²) in [7, 11) is 0. The lowest BCUT2D eigenvalue weighted by Gasteiger charge is -2.18. The van der Waals surface area contributed by atoms with Crippen molar-refractivity contribution in [1.82, 2.24) is 0 Å². The number of hydrogen-bond donors (Lipinski definition) is 1. The highest BCUT2D eigenvalue weighted by molar-refractivity contribution is 5.35. The molecule has 2 atom stereocenters. The van der Waals surface area contributed by atoms with Gasteiger partial charge in [-0.25, -0.2) is 0 Å². The Labute approximate surface area is 116 Å².